The van der Waals surface area contributed by atoms with Gasteiger partial charge in [-0.15, -0.1) is 0 Å². The summed E-state index contributed by atoms with van der Waals surface area (Å²) >= 11 is 0. The van der Waals surface area contributed by atoms with Crippen LogP contribution in [0.5, 0.6) is 5.75 Å². The largest absolute Gasteiger partial charge is 0.494 e. The van der Waals surface area contributed by atoms with Gasteiger partial charge in [-0.25, -0.2) is 0 Å². The van der Waals surface area contributed by atoms with Crippen LogP contribution < -0.4 is 10.1 Å². The van der Waals surface area contributed by atoms with Gasteiger partial charge in [-0.3, -0.25) is 10.1 Å². The van der Waals surface area contributed by atoms with Crippen molar-refractivity contribution in [2.45, 2.75) is 32.9 Å². The van der Waals surface area contributed by atoms with Crippen LogP contribution in [0.4, 0.5) is 0 Å². The van der Waals surface area contributed by atoms with Crippen LogP contribution in [-0.4, -0.2) is 23.7 Å². The maximum atomic E-state index is 11.3. The average Bonchev–Trinajstić information content (AvgIpc) is 2.27. The third-order valence-electron chi connectivity index (χ3n) is 2.28. The highest BCUT2D eigenvalue weighted by Crippen LogP contribution is 2.25. The van der Waals surface area contributed by atoms with Crippen molar-refractivity contribution in [3.8, 4) is 5.75 Å². The van der Waals surface area contributed by atoms with Gasteiger partial charge < -0.3 is 9.84 Å². The first-order valence-corrected chi connectivity index (χ1v) is 5.76. The molecule has 17 heavy (non-hydrogen) atoms. The molecule has 0 aliphatic carbocycles. The van der Waals surface area contributed by atoms with Crippen LogP contribution in [0.1, 0.15) is 32.4 Å². The molecule has 0 heterocycles. The van der Waals surface area contributed by atoms with Crippen molar-refractivity contribution in [2.24, 2.45) is 0 Å². The van der Waals surface area contributed by atoms with Crippen molar-refractivity contribution in [1.82, 2.24) is 5.32 Å². The van der Waals surface area contributed by atoms with E-state index in [4.69, 9.17) is 4.74 Å². The van der Waals surface area contributed by atoms with E-state index in [1.165, 1.54) is 0 Å². The van der Waals surface area contributed by atoms with Gasteiger partial charge in [0.1, 0.15) is 11.8 Å². The Hall–Kier alpha value is -1.55. The van der Waals surface area contributed by atoms with Gasteiger partial charge in [0.05, 0.1) is 6.61 Å². The first-order chi connectivity index (χ1) is 8.06. The molecule has 0 aliphatic rings. The minimum atomic E-state index is -0.897. The average molecular weight is 237 g/mol. The summed E-state index contributed by atoms with van der Waals surface area (Å²) in [7, 11) is 0. The molecule has 94 valence electrons. The van der Waals surface area contributed by atoms with E-state index in [2.05, 4.69) is 5.32 Å². The fourth-order valence-corrected chi connectivity index (χ4v) is 1.63. The Bertz CT molecular complexity index is 377. The van der Waals surface area contributed by atoms with Crippen molar-refractivity contribution in [3.05, 3.63) is 29.8 Å². The van der Waals surface area contributed by atoms with E-state index in [1.807, 2.05) is 32.9 Å². The SMILES string of the molecule is CCOc1ccccc1C(NC(C)C)C(=O)O. The predicted molar refractivity (Wildman–Crippen MR) is 66.3 cm³/mol. The molecule has 0 bridgehead atoms. The Morgan fingerprint density at radius 3 is 2.59 bits per heavy atom. The molecular formula is C13H19NO3. The van der Waals surface area contributed by atoms with Crippen molar-refractivity contribution in [2.75, 3.05) is 6.61 Å². The standard InChI is InChI=1S/C13H19NO3/c1-4-17-11-8-6-5-7-10(11)12(13(15)16)14-9(2)3/h5-9,12,14H,4H2,1-3H3,(H,15,16). The normalized spacial score (nSPS) is 12.5. The summed E-state index contributed by atoms with van der Waals surface area (Å²) in [6.07, 6.45) is 0. The molecule has 0 spiro atoms. The molecule has 4 nitrogen and oxygen atoms in total. The second-order valence-corrected chi connectivity index (χ2v) is 4.06. The molecular weight excluding hydrogens is 218 g/mol. The van der Waals surface area contributed by atoms with E-state index in [0.717, 1.165) is 0 Å². The quantitative estimate of drug-likeness (QED) is 0.796. The minimum absolute atomic E-state index is 0.0887. The van der Waals surface area contributed by atoms with Crippen molar-refractivity contribution >= 4 is 5.97 Å². The van der Waals surface area contributed by atoms with E-state index in [0.29, 0.717) is 17.9 Å². The summed E-state index contributed by atoms with van der Waals surface area (Å²) < 4.78 is 5.45. The number of benzene rings is 1. The van der Waals surface area contributed by atoms with Crippen LogP contribution in [0.3, 0.4) is 0 Å². The molecule has 1 atom stereocenters. The topological polar surface area (TPSA) is 58.6 Å². The third kappa shape index (κ3) is 3.75. The molecule has 0 amide bonds. The Balaban J connectivity index is 3.04. The number of carbonyl (C=O) groups is 1. The maximum Gasteiger partial charge on any atom is 0.325 e. The van der Waals surface area contributed by atoms with Gasteiger partial charge >= 0.3 is 5.97 Å². The van der Waals surface area contributed by atoms with Crippen molar-refractivity contribution < 1.29 is 14.6 Å². The fraction of sp³-hybridized carbons (Fsp3) is 0.462. The van der Waals surface area contributed by atoms with Crippen LogP contribution in [-0.2, 0) is 4.79 Å². The molecule has 0 saturated heterocycles. The molecule has 0 saturated carbocycles. The number of para-hydroxylation sites is 1. The number of rotatable bonds is 6. The number of carboxylic acid groups (broad SMARTS) is 1. The molecule has 0 radical (unpaired) electrons. The van der Waals surface area contributed by atoms with E-state index in [1.54, 1.807) is 12.1 Å². The summed E-state index contributed by atoms with van der Waals surface area (Å²) in [4.78, 5) is 11.3. The van der Waals surface area contributed by atoms with Crippen LogP contribution in [0.15, 0.2) is 24.3 Å². The zero-order valence-corrected chi connectivity index (χ0v) is 10.4. The van der Waals surface area contributed by atoms with Crippen LogP contribution in [0.25, 0.3) is 0 Å². The highest BCUT2D eigenvalue weighted by Gasteiger charge is 2.23. The van der Waals surface area contributed by atoms with Gasteiger partial charge in [-0.1, -0.05) is 18.2 Å². The summed E-state index contributed by atoms with van der Waals surface area (Å²) in [6.45, 7) is 6.23. The lowest BCUT2D eigenvalue weighted by Gasteiger charge is -2.20. The molecule has 1 aromatic rings. The Morgan fingerprint density at radius 2 is 2.06 bits per heavy atom. The lowest BCUT2D eigenvalue weighted by Crippen LogP contribution is -2.33. The van der Waals surface area contributed by atoms with E-state index < -0.39 is 12.0 Å². The van der Waals surface area contributed by atoms with E-state index in [9.17, 15) is 9.90 Å². The first-order valence-electron chi connectivity index (χ1n) is 5.76. The smallest absolute Gasteiger partial charge is 0.325 e. The van der Waals surface area contributed by atoms with Gasteiger partial charge in [0.25, 0.3) is 0 Å². The Morgan fingerprint density at radius 1 is 1.41 bits per heavy atom. The van der Waals surface area contributed by atoms with E-state index in [-0.39, 0.29) is 6.04 Å². The molecule has 2 N–H and O–H groups in total. The van der Waals surface area contributed by atoms with Gasteiger partial charge in [-0.05, 0) is 26.8 Å². The van der Waals surface area contributed by atoms with Crippen LogP contribution >= 0.6 is 0 Å². The number of nitrogens with one attached hydrogen (secondary N) is 1. The van der Waals surface area contributed by atoms with Gasteiger partial charge in [-0.2, -0.15) is 0 Å². The van der Waals surface area contributed by atoms with Crippen LogP contribution in [0, 0.1) is 0 Å². The Labute approximate surface area is 102 Å². The van der Waals surface area contributed by atoms with Gasteiger partial charge in [0, 0.05) is 11.6 Å². The highest BCUT2D eigenvalue weighted by atomic mass is 16.5. The fourth-order valence-electron chi connectivity index (χ4n) is 1.63. The molecule has 4 heteroatoms. The lowest BCUT2D eigenvalue weighted by atomic mass is 10.0. The molecule has 1 rings (SSSR count). The number of carboxylic acids is 1. The van der Waals surface area contributed by atoms with Gasteiger partial charge in [0.15, 0.2) is 0 Å². The van der Waals surface area contributed by atoms with Crippen LogP contribution in [0.2, 0.25) is 0 Å². The first kappa shape index (κ1) is 13.5. The number of hydrogen-bond donors (Lipinski definition) is 2. The predicted octanol–water partition coefficient (Wildman–Crippen LogP) is 2.21. The van der Waals surface area contributed by atoms with Gasteiger partial charge in [0.2, 0.25) is 0 Å². The summed E-state index contributed by atoms with van der Waals surface area (Å²) in [6, 6.07) is 6.57. The molecule has 0 aliphatic heterocycles. The lowest BCUT2D eigenvalue weighted by molar-refractivity contribution is -0.139. The monoisotopic (exact) mass is 237 g/mol. The summed E-state index contributed by atoms with van der Waals surface area (Å²) in [5, 5.41) is 12.3. The third-order valence-corrected chi connectivity index (χ3v) is 2.28. The number of hydrogen-bond acceptors (Lipinski definition) is 3. The number of ether oxygens (including phenoxy) is 1. The Kier molecular flexibility index (Phi) is 4.97. The maximum absolute atomic E-state index is 11.3. The molecule has 0 aromatic heterocycles. The zero-order chi connectivity index (χ0) is 12.8. The van der Waals surface area contributed by atoms with Crippen molar-refractivity contribution in [3.63, 3.8) is 0 Å². The minimum Gasteiger partial charge on any atom is -0.494 e. The highest BCUT2D eigenvalue weighted by molar-refractivity contribution is 5.76. The molecule has 1 aromatic carbocycles. The van der Waals surface area contributed by atoms with Crippen molar-refractivity contribution in [1.29, 1.82) is 0 Å². The molecule has 0 fully saturated rings. The zero-order valence-electron chi connectivity index (χ0n) is 10.4. The molecule has 1 unspecified atom stereocenters. The number of aliphatic carboxylic acids is 1. The second kappa shape index (κ2) is 6.25. The second-order valence-electron chi connectivity index (χ2n) is 4.06. The van der Waals surface area contributed by atoms with E-state index >= 15 is 0 Å². The summed E-state index contributed by atoms with van der Waals surface area (Å²) in [5.74, 6) is -0.276. The summed E-state index contributed by atoms with van der Waals surface area (Å²) in [5.41, 5.74) is 0.663.